The average Bonchev–Trinajstić information content (AvgIpc) is 2.40. The highest BCUT2D eigenvalue weighted by atomic mass is 35.5. The zero-order valence-corrected chi connectivity index (χ0v) is 13.0. The Bertz CT molecular complexity index is 662. The number of hydrogen-bond acceptors (Lipinski definition) is 3. The maximum absolute atomic E-state index is 13.8. The molecule has 0 amide bonds. The van der Waals surface area contributed by atoms with E-state index in [1.54, 1.807) is 32.0 Å². The standard InChI is InChI=1S/C15H14Cl2FNO2/c1-8(2)20-13-7-14(11(19)6-10(13)18)21-12-5-3-4-9(16)15(12)17/h3-8H,19H2,1-2H3. The molecule has 0 heterocycles. The van der Waals surface area contributed by atoms with Gasteiger partial charge in [0, 0.05) is 12.1 Å². The van der Waals surface area contributed by atoms with Crippen LogP contribution in [0.5, 0.6) is 17.2 Å². The van der Waals surface area contributed by atoms with Crippen LogP contribution >= 0.6 is 23.2 Å². The molecule has 0 aliphatic heterocycles. The van der Waals surface area contributed by atoms with E-state index in [0.29, 0.717) is 10.8 Å². The molecular formula is C15H14Cl2FNO2. The molecule has 112 valence electrons. The fourth-order valence-corrected chi connectivity index (χ4v) is 1.99. The quantitative estimate of drug-likeness (QED) is 0.774. The molecule has 2 N–H and O–H groups in total. The molecule has 21 heavy (non-hydrogen) atoms. The highest BCUT2D eigenvalue weighted by Gasteiger charge is 2.14. The van der Waals surface area contributed by atoms with Gasteiger partial charge in [-0.3, -0.25) is 0 Å². The minimum Gasteiger partial charge on any atom is -0.488 e. The molecule has 0 aliphatic rings. The van der Waals surface area contributed by atoms with E-state index in [2.05, 4.69) is 0 Å². The highest BCUT2D eigenvalue weighted by molar-refractivity contribution is 6.42. The van der Waals surface area contributed by atoms with Crippen LogP contribution in [-0.2, 0) is 0 Å². The molecule has 2 aromatic rings. The summed E-state index contributed by atoms with van der Waals surface area (Å²) in [6, 6.07) is 7.50. The molecule has 0 spiro atoms. The maximum atomic E-state index is 13.8. The van der Waals surface area contributed by atoms with Crippen LogP contribution in [0.4, 0.5) is 10.1 Å². The molecule has 2 rings (SSSR count). The van der Waals surface area contributed by atoms with Gasteiger partial charge in [0.15, 0.2) is 17.3 Å². The number of anilines is 1. The highest BCUT2D eigenvalue weighted by Crippen LogP contribution is 2.38. The van der Waals surface area contributed by atoms with Crippen molar-refractivity contribution in [1.29, 1.82) is 0 Å². The molecule has 0 unspecified atom stereocenters. The third-order valence-electron chi connectivity index (χ3n) is 2.56. The van der Waals surface area contributed by atoms with Gasteiger partial charge in [0.1, 0.15) is 10.8 Å². The summed E-state index contributed by atoms with van der Waals surface area (Å²) in [6.07, 6.45) is -0.175. The van der Waals surface area contributed by atoms with E-state index in [1.807, 2.05) is 0 Å². The monoisotopic (exact) mass is 329 g/mol. The Morgan fingerprint density at radius 2 is 1.81 bits per heavy atom. The first-order chi connectivity index (χ1) is 9.88. The lowest BCUT2D eigenvalue weighted by Crippen LogP contribution is -2.07. The van der Waals surface area contributed by atoms with E-state index in [4.69, 9.17) is 38.4 Å². The minimum absolute atomic E-state index is 0.0624. The van der Waals surface area contributed by atoms with Crippen molar-refractivity contribution in [2.45, 2.75) is 20.0 Å². The number of halogens is 3. The fraction of sp³-hybridized carbons (Fsp3) is 0.200. The summed E-state index contributed by atoms with van der Waals surface area (Å²) >= 11 is 12.0. The Balaban J connectivity index is 2.37. The second-order valence-electron chi connectivity index (χ2n) is 4.64. The number of benzene rings is 2. The van der Waals surface area contributed by atoms with Gasteiger partial charge in [-0.1, -0.05) is 29.3 Å². The first-order valence-corrected chi connectivity index (χ1v) is 7.01. The van der Waals surface area contributed by atoms with Crippen molar-refractivity contribution in [3.05, 3.63) is 46.2 Å². The molecule has 6 heteroatoms. The van der Waals surface area contributed by atoms with Crippen molar-refractivity contribution in [3.8, 4) is 17.2 Å². The summed E-state index contributed by atoms with van der Waals surface area (Å²) < 4.78 is 24.7. The Morgan fingerprint density at radius 3 is 2.48 bits per heavy atom. The van der Waals surface area contributed by atoms with Crippen molar-refractivity contribution >= 4 is 28.9 Å². The predicted molar refractivity (Wildman–Crippen MR) is 83.1 cm³/mol. The molecule has 2 aromatic carbocycles. The van der Waals surface area contributed by atoms with Crippen molar-refractivity contribution in [1.82, 2.24) is 0 Å². The van der Waals surface area contributed by atoms with Gasteiger partial charge in [0.05, 0.1) is 16.8 Å². The zero-order valence-electron chi connectivity index (χ0n) is 11.5. The summed E-state index contributed by atoms with van der Waals surface area (Å²) in [5.74, 6) is 0.0901. The normalized spacial score (nSPS) is 10.8. The van der Waals surface area contributed by atoms with Crippen LogP contribution in [0.15, 0.2) is 30.3 Å². The smallest absolute Gasteiger partial charge is 0.167 e. The van der Waals surface area contributed by atoms with Crippen LogP contribution in [0.25, 0.3) is 0 Å². The van der Waals surface area contributed by atoms with Gasteiger partial charge in [-0.2, -0.15) is 0 Å². The van der Waals surface area contributed by atoms with E-state index in [-0.39, 0.29) is 28.3 Å². The van der Waals surface area contributed by atoms with Crippen LogP contribution in [0.3, 0.4) is 0 Å². The zero-order chi connectivity index (χ0) is 15.6. The topological polar surface area (TPSA) is 44.5 Å². The third kappa shape index (κ3) is 3.71. The molecule has 3 nitrogen and oxygen atoms in total. The van der Waals surface area contributed by atoms with Crippen molar-refractivity contribution in [2.75, 3.05) is 5.73 Å². The van der Waals surface area contributed by atoms with Gasteiger partial charge in [0.2, 0.25) is 0 Å². The number of ether oxygens (including phenoxy) is 2. The number of hydrogen-bond donors (Lipinski definition) is 1. The molecule has 0 aromatic heterocycles. The van der Waals surface area contributed by atoms with Crippen LogP contribution < -0.4 is 15.2 Å². The van der Waals surface area contributed by atoms with E-state index in [0.717, 1.165) is 6.07 Å². The lowest BCUT2D eigenvalue weighted by molar-refractivity contribution is 0.230. The van der Waals surface area contributed by atoms with Gasteiger partial charge < -0.3 is 15.2 Å². The Kier molecular flexibility index (Phi) is 4.80. The van der Waals surface area contributed by atoms with E-state index >= 15 is 0 Å². The van der Waals surface area contributed by atoms with Crippen molar-refractivity contribution in [3.63, 3.8) is 0 Å². The van der Waals surface area contributed by atoms with E-state index in [9.17, 15) is 4.39 Å². The van der Waals surface area contributed by atoms with Gasteiger partial charge in [-0.25, -0.2) is 4.39 Å². The van der Waals surface area contributed by atoms with Gasteiger partial charge in [-0.05, 0) is 26.0 Å². The number of nitrogen functional groups attached to an aromatic ring is 1. The first kappa shape index (κ1) is 15.7. The molecular weight excluding hydrogens is 316 g/mol. The summed E-state index contributed by atoms with van der Waals surface area (Å²) in [5, 5.41) is 0.614. The minimum atomic E-state index is -0.550. The molecule has 0 aliphatic carbocycles. The second-order valence-corrected chi connectivity index (χ2v) is 5.43. The SMILES string of the molecule is CC(C)Oc1cc(Oc2cccc(Cl)c2Cl)c(N)cc1F. The summed E-state index contributed by atoms with van der Waals surface area (Å²) in [4.78, 5) is 0. The fourth-order valence-electron chi connectivity index (χ4n) is 1.66. The van der Waals surface area contributed by atoms with Gasteiger partial charge in [0.25, 0.3) is 0 Å². The largest absolute Gasteiger partial charge is 0.488 e. The Hall–Kier alpha value is -1.65. The number of nitrogens with two attached hydrogens (primary N) is 1. The summed E-state index contributed by atoms with van der Waals surface area (Å²) in [7, 11) is 0. The van der Waals surface area contributed by atoms with Gasteiger partial charge >= 0.3 is 0 Å². The Morgan fingerprint density at radius 1 is 1.10 bits per heavy atom. The maximum Gasteiger partial charge on any atom is 0.167 e. The molecule has 0 atom stereocenters. The molecule has 0 saturated carbocycles. The van der Waals surface area contributed by atoms with Crippen LogP contribution in [0.1, 0.15) is 13.8 Å². The van der Waals surface area contributed by atoms with Crippen LogP contribution in [0, 0.1) is 5.82 Å². The molecule has 0 saturated heterocycles. The number of rotatable bonds is 4. The summed E-state index contributed by atoms with van der Waals surface area (Å²) in [6.45, 7) is 3.59. The predicted octanol–water partition coefficient (Wildman–Crippen LogP) is 5.29. The Labute approximate surface area is 132 Å². The van der Waals surface area contributed by atoms with Crippen LogP contribution in [0.2, 0.25) is 10.0 Å². The van der Waals surface area contributed by atoms with Gasteiger partial charge in [-0.15, -0.1) is 0 Å². The molecule has 0 bridgehead atoms. The van der Waals surface area contributed by atoms with Crippen molar-refractivity contribution < 1.29 is 13.9 Å². The summed E-state index contributed by atoms with van der Waals surface area (Å²) in [5.41, 5.74) is 5.90. The van der Waals surface area contributed by atoms with Crippen molar-refractivity contribution in [2.24, 2.45) is 0 Å². The van der Waals surface area contributed by atoms with Crippen LogP contribution in [-0.4, -0.2) is 6.10 Å². The lowest BCUT2D eigenvalue weighted by atomic mass is 10.2. The molecule has 0 radical (unpaired) electrons. The molecule has 0 fully saturated rings. The van der Waals surface area contributed by atoms with E-state index < -0.39 is 5.82 Å². The third-order valence-corrected chi connectivity index (χ3v) is 3.36. The lowest BCUT2D eigenvalue weighted by Gasteiger charge is -2.15. The average molecular weight is 330 g/mol. The second kappa shape index (κ2) is 6.41. The first-order valence-electron chi connectivity index (χ1n) is 6.26. The van der Waals surface area contributed by atoms with E-state index in [1.165, 1.54) is 6.07 Å².